The van der Waals surface area contributed by atoms with Crippen LogP contribution in [0.4, 0.5) is 43.9 Å². The Kier molecular flexibility index (Phi) is 4.46. The van der Waals surface area contributed by atoms with Crippen LogP contribution in [-0.2, 0) is 0 Å². The average Bonchev–Trinajstić information content (AvgIpc) is 2.12. The molecule has 0 fully saturated rings. The SMILES string of the molecule is FCCC(F)(F)C(F)(C(F)=C(F)F)C(F)(F)F. The molecular formula is C7H4F10. The van der Waals surface area contributed by atoms with Crippen LogP contribution in [0, 0.1) is 0 Å². The molecule has 0 N–H and O–H groups in total. The molecule has 0 aromatic heterocycles. The highest BCUT2D eigenvalue weighted by Gasteiger charge is 2.74. The van der Waals surface area contributed by atoms with Gasteiger partial charge in [0.1, 0.15) is 0 Å². The molecule has 0 radical (unpaired) electrons. The van der Waals surface area contributed by atoms with Crippen LogP contribution in [0.15, 0.2) is 11.9 Å². The van der Waals surface area contributed by atoms with E-state index in [2.05, 4.69) is 0 Å². The first-order valence-corrected chi connectivity index (χ1v) is 3.82. The third-order valence-electron chi connectivity index (χ3n) is 1.77. The van der Waals surface area contributed by atoms with E-state index in [1.54, 1.807) is 0 Å². The van der Waals surface area contributed by atoms with E-state index in [1.807, 2.05) is 0 Å². The summed E-state index contributed by atoms with van der Waals surface area (Å²) in [6, 6.07) is 0. The topological polar surface area (TPSA) is 0 Å². The van der Waals surface area contributed by atoms with Gasteiger partial charge in [-0.2, -0.15) is 22.0 Å². The lowest BCUT2D eigenvalue weighted by Crippen LogP contribution is -2.56. The van der Waals surface area contributed by atoms with Crippen LogP contribution in [0.1, 0.15) is 6.42 Å². The van der Waals surface area contributed by atoms with Gasteiger partial charge in [0.25, 0.3) is 5.92 Å². The quantitative estimate of drug-likeness (QED) is 0.671. The van der Waals surface area contributed by atoms with Crippen LogP contribution < -0.4 is 0 Å². The Balaban J connectivity index is 5.84. The average molecular weight is 278 g/mol. The summed E-state index contributed by atoms with van der Waals surface area (Å²) in [5.74, 6) is -9.66. The minimum atomic E-state index is -6.65. The van der Waals surface area contributed by atoms with Crippen molar-refractivity contribution in [2.45, 2.75) is 24.2 Å². The van der Waals surface area contributed by atoms with Crippen molar-refractivity contribution >= 4 is 0 Å². The predicted molar refractivity (Wildman–Crippen MR) is 35.8 cm³/mol. The third kappa shape index (κ3) is 2.65. The lowest BCUT2D eigenvalue weighted by molar-refractivity contribution is -0.294. The number of allylic oxidation sites excluding steroid dienone is 1. The standard InChI is InChI=1S/C7H4F10/c8-2-1-5(12,13)6(14,7(15,16)17)3(9)4(10)11/h1-2H2. The third-order valence-corrected chi connectivity index (χ3v) is 1.77. The molecule has 17 heavy (non-hydrogen) atoms. The summed E-state index contributed by atoms with van der Waals surface area (Å²) in [4.78, 5) is 0. The van der Waals surface area contributed by atoms with Gasteiger partial charge < -0.3 is 0 Å². The minimum Gasteiger partial charge on any atom is -0.251 e. The molecular weight excluding hydrogens is 274 g/mol. The van der Waals surface area contributed by atoms with E-state index in [-0.39, 0.29) is 0 Å². The summed E-state index contributed by atoms with van der Waals surface area (Å²) in [5, 5.41) is 0. The highest BCUT2D eigenvalue weighted by molar-refractivity contribution is 5.20. The summed E-state index contributed by atoms with van der Waals surface area (Å²) in [6.07, 6.45) is -12.9. The molecule has 0 bridgehead atoms. The van der Waals surface area contributed by atoms with Crippen LogP contribution in [0.5, 0.6) is 0 Å². The van der Waals surface area contributed by atoms with Crippen molar-refractivity contribution in [1.29, 1.82) is 0 Å². The second-order valence-electron chi connectivity index (χ2n) is 2.87. The van der Waals surface area contributed by atoms with Crippen molar-refractivity contribution in [3.05, 3.63) is 11.9 Å². The molecule has 1 atom stereocenters. The van der Waals surface area contributed by atoms with Crippen LogP contribution in [-0.4, -0.2) is 24.4 Å². The first-order chi connectivity index (χ1) is 7.41. The number of hydrogen-bond donors (Lipinski definition) is 0. The molecule has 1 unspecified atom stereocenters. The molecule has 0 saturated carbocycles. The van der Waals surface area contributed by atoms with Gasteiger partial charge in [0.15, 0.2) is 0 Å². The monoisotopic (exact) mass is 278 g/mol. The van der Waals surface area contributed by atoms with Gasteiger partial charge in [-0.1, -0.05) is 0 Å². The van der Waals surface area contributed by atoms with Gasteiger partial charge in [-0.05, 0) is 0 Å². The fourth-order valence-corrected chi connectivity index (χ4v) is 0.913. The van der Waals surface area contributed by atoms with Gasteiger partial charge in [0.2, 0.25) is 5.83 Å². The summed E-state index contributed by atoms with van der Waals surface area (Å²) in [6.45, 7) is -2.14. The van der Waals surface area contributed by atoms with E-state index < -0.39 is 42.8 Å². The van der Waals surface area contributed by atoms with Crippen LogP contribution in [0.25, 0.3) is 0 Å². The molecule has 0 heterocycles. The Labute approximate surface area is 87.9 Å². The van der Waals surface area contributed by atoms with E-state index >= 15 is 0 Å². The van der Waals surface area contributed by atoms with E-state index in [1.165, 1.54) is 0 Å². The molecule has 0 spiro atoms. The summed E-state index contributed by atoms with van der Waals surface area (Å²) in [7, 11) is 0. The van der Waals surface area contributed by atoms with Gasteiger partial charge in [-0.25, -0.2) is 17.6 Å². The summed E-state index contributed by atoms with van der Waals surface area (Å²) >= 11 is 0. The smallest absolute Gasteiger partial charge is 0.251 e. The van der Waals surface area contributed by atoms with Gasteiger partial charge in [0, 0.05) is 6.42 Å². The van der Waals surface area contributed by atoms with Gasteiger partial charge in [-0.3, -0.25) is 4.39 Å². The zero-order valence-electron chi connectivity index (χ0n) is 7.69. The largest absolute Gasteiger partial charge is 0.435 e. The molecule has 0 nitrogen and oxygen atoms in total. The Hall–Kier alpha value is -0.960. The van der Waals surface area contributed by atoms with Gasteiger partial charge in [0.05, 0.1) is 6.67 Å². The molecule has 0 amide bonds. The van der Waals surface area contributed by atoms with E-state index in [0.717, 1.165) is 0 Å². The Morgan fingerprint density at radius 2 is 1.24 bits per heavy atom. The molecule has 0 aromatic rings. The number of rotatable bonds is 4. The fraction of sp³-hybridized carbons (Fsp3) is 0.714. The van der Waals surface area contributed by atoms with Crippen molar-refractivity contribution < 1.29 is 43.9 Å². The second-order valence-corrected chi connectivity index (χ2v) is 2.87. The Bertz CT molecular complexity index is 298. The van der Waals surface area contributed by atoms with Gasteiger partial charge in [-0.15, -0.1) is 0 Å². The molecule has 0 saturated heterocycles. The maximum atomic E-state index is 13.0. The van der Waals surface area contributed by atoms with Crippen LogP contribution in [0.2, 0.25) is 0 Å². The molecule has 0 aromatic carbocycles. The maximum Gasteiger partial charge on any atom is 0.435 e. The first kappa shape index (κ1) is 16.0. The Morgan fingerprint density at radius 3 is 1.47 bits per heavy atom. The summed E-state index contributed by atoms with van der Waals surface area (Å²) in [5.41, 5.74) is -6.25. The van der Waals surface area contributed by atoms with E-state index in [0.29, 0.717) is 0 Å². The molecule has 102 valence electrons. The number of halogens is 10. The molecule has 0 aliphatic heterocycles. The van der Waals surface area contributed by atoms with Crippen molar-refractivity contribution in [3.63, 3.8) is 0 Å². The van der Waals surface area contributed by atoms with Crippen molar-refractivity contribution in [2.75, 3.05) is 6.67 Å². The maximum absolute atomic E-state index is 13.0. The molecule has 10 heteroatoms. The predicted octanol–water partition coefficient (Wildman–Crippen LogP) is 4.33. The summed E-state index contributed by atoms with van der Waals surface area (Å²) < 4.78 is 121. The zero-order chi connectivity index (χ0) is 14.1. The lowest BCUT2D eigenvalue weighted by atomic mass is 9.93. The highest BCUT2D eigenvalue weighted by Crippen LogP contribution is 2.52. The lowest BCUT2D eigenvalue weighted by Gasteiger charge is -2.32. The zero-order valence-corrected chi connectivity index (χ0v) is 7.69. The normalized spacial score (nSPS) is 16.6. The Morgan fingerprint density at radius 1 is 0.824 bits per heavy atom. The van der Waals surface area contributed by atoms with Gasteiger partial charge >= 0.3 is 17.9 Å². The minimum absolute atomic E-state index is 2.14. The van der Waals surface area contributed by atoms with Crippen LogP contribution in [0.3, 0.4) is 0 Å². The fourth-order valence-electron chi connectivity index (χ4n) is 0.913. The number of alkyl halides is 7. The van der Waals surface area contributed by atoms with Crippen molar-refractivity contribution in [3.8, 4) is 0 Å². The molecule has 0 aliphatic carbocycles. The highest BCUT2D eigenvalue weighted by atomic mass is 19.4. The number of hydrogen-bond acceptors (Lipinski definition) is 0. The van der Waals surface area contributed by atoms with Crippen molar-refractivity contribution in [1.82, 2.24) is 0 Å². The van der Waals surface area contributed by atoms with E-state index in [4.69, 9.17) is 0 Å². The van der Waals surface area contributed by atoms with E-state index in [9.17, 15) is 43.9 Å². The van der Waals surface area contributed by atoms with Crippen LogP contribution >= 0.6 is 0 Å². The molecule has 0 rings (SSSR count). The van der Waals surface area contributed by atoms with Crippen molar-refractivity contribution in [2.24, 2.45) is 0 Å². The second kappa shape index (κ2) is 4.73. The first-order valence-electron chi connectivity index (χ1n) is 3.82. The molecule has 0 aliphatic rings.